The van der Waals surface area contributed by atoms with Gasteiger partial charge in [-0.3, -0.25) is 0 Å². The summed E-state index contributed by atoms with van der Waals surface area (Å²) in [6.07, 6.45) is 4.57. The number of piperidine rings is 1. The summed E-state index contributed by atoms with van der Waals surface area (Å²) in [5.74, 6) is 0.748. The lowest BCUT2D eigenvalue weighted by molar-refractivity contribution is 0.198. The molecule has 0 N–H and O–H groups in total. The van der Waals surface area contributed by atoms with Crippen LogP contribution in [-0.2, 0) is 16.1 Å². The van der Waals surface area contributed by atoms with Crippen molar-refractivity contribution < 1.29 is 9.29 Å². The predicted molar refractivity (Wildman–Crippen MR) is 59.5 cm³/mol. The second-order valence-electron chi connectivity index (χ2n) is 3.86. The molecular formula is C10H21NO2S. The Balaban J connectivity index is 2.23. The molecule has 84 valence electrons. The molecule has 0 aromatic rings. The van der Waals surface area contributed by atoms with Crippen molar-refractivity contribution in [3.05, 3.63) is 0 Å². The van der Waals surface area contributed by atoms with Gasteiger partial charge in [0.25, 0.3) is 0 Å². The first kappa shape index (κ1) is 12.3. The molecule has 0 aromatic carbocycles. The van der Waals surface area contributed by atoms with Gasteiger partial charge in [0.05, 0.1) is 12.6 Å². The molecule has 0 radical (unpaired) electrons. The van der Waals surface area contributed by atoms with Gasteiger partial charge < -0.3 is 9.29 Å². The first-order valence-electron chi connectivity index (χ1n) is 5.39. The molecule has 1 fully saturated rings. The number of ether oxygens (including phenoxy) is 1. The van der Waals surface area contributed by atoms with Crippen LogP contribution in [-0.4, -0.2) is 40.9 Å². The van der Waals surface area contributed by atoms with Crippen LogP contribution in [0.1, 0.15) is 32.6 Å². The minimum absolute atomic E-state index is 0.493. The Bertz CT molecular complexity index is 157. The van der Waals surface area contributed by atoms with Crippen LogP contribution in [0.2, 0.25) is 0 Å². The van der Waals surface area contributed by atoms with Crippen molar-refractivity contribution >= 4 is 11.4 Å². The van der Waals surface area contributed by atoms with E-state index in [1.165, 1.54) is 19.3 Å². The Morgan fingerprint density at radius 1 is 1.50 bits per heavy atom. The maximum absolute atomic E-state index is 11.9. The Labute approximate surface area is 90.1 Å². The molecule has 1 aliphatic heterocycles. The molecule has 0 bridgehead atoms. The zero-order chi connectivity index (χ0) is 10.4. The van der Waals surface area contributed by atoms with Gasteiger partial charge in [0, 0.05) is 31.4 Å². The predicted octanol–water partition coefficient (Wildman–Crippen LogP) is 1.56. The van der Waals surface area contributed by atoms with Crippen molar-refractivity contribution in [3.8, 4) is 0 Å². The average Bonchev–Trinajstić information content (AvgIpc) is 2.18. The number of nitrogens with zero attached hydrogens (tertiary/aromatic N) is 1. The zero-order valence-electron chi connectivity index (χ0n) is 9.20. The molecule has 3 nitrogen and oxygen atoms in total. The molecule has 0 aliphatic carbocycles. The van der Waals surface area contributed by atoms with Crippen molar-refractivity contribution in [1.29, 1.82) is 0 Å². The fourth-order valence-electron chi connectivity index (χ4n) is 1.82. The smallest absolute Gasteiger partial charge is 0.128 e. The van der Waals surface area contributed by atoms with E-state index in [0.29, 0.717) is 12.6 Å². The van der Waals surface area contributed by atoms with Crippen LogP contribution in [0.25, 0.3) is 0 Å². The van der Waals surface area contributed by atoms with E-state index >= 15 is 0 Å². The number of hydrogen-bond acceptors (Lipinski definition) is 3. The van der Waals surface area contributed by atoms with Crippen LogP contribution in [0, 0.1) is 0 Å². The highest BCUT2D eigenvalue weighted by atomic mass is 32.2. The van der Waals surface area contributed by atoms with Crippen molar-refractivity contribution in [1.82, 2.24) is 4.31 Å². The van der Waals surface area contributed by atoms with Crippen LogP contribution in [0.15, 0.2) is 0 Å². The van der Waals surface area contributed by atoms with Crippen molar-refractivity contribution in [3.63, 3.8) is 0 Å². The minimum atomic E-state index is -0.785. The highest BCUT2D eigenvalue weighted by Gasteiger charge is 2.27. The maximum Gasteiger partial charge on any atom is 0.128 e. The third kappa shape index (κ3) is 3.77. The van der Waals surface area contributed by atoms with Gasteiger partial charge in [0.15, 0.2) is 0 Å². The fraction of sp³-hybridized carbons (Fsp3) is 1.00. The summed E-state index contributed by atoms with van der Waals surface area (Å²) in [5, 5.41) is 0. The highest BCUT2D eigenvalue weighted by molar-refractivity contribution is 7.89. The molecule has 0 saturated carbocycles. The van der Waals surface area contributed by atoms with E-state index in [2.05, 4.69) is 11.2 Å². The van der Waals surface area contributed by atoms with E-state index in [4.69, 9.17) is 4.74 Å². The first-order chi connectivity index (χ1) is 6.75. The van der Waals surface area contributed by atoms with Gasteiger partial charge in [0.1, 0.15) is 5.75 Å². The zero-order valence-corrected chi connectivity index (χ0v) is 10.0. The molecule has 2 unspecified atom stereocenters. The summed E-state index contributed by atoms with van der Waals surface area (Å²) in [4.78, 5) is 0. The molecule has 0 aromatic heterocycles. The highest BCUT2D eigenvalue weighted by Crippen LogP contribution is 2.20. The standard InChI is InChI=1S/C10H21NO2S/c1-10-6-3-4-7-11(10)14(12)9-5-8-13-2/h10H,3-9H2,1-2H3. The van der Waals surface area contributed by atoms with Gasteiger partial charge in [-0.05, 0) is 19.8 Å². The summed E-state index contributed by atoms with van der Waals surface area (Å²) in [7, 11) is 1.69. The molecule has 0 spiro atoms. The summed E-state index contributed by atoms with van der Waals surface area (Å²) < 4.78 is 19.0. The second-order valence-corrected chi connectivity index (χ2v) is 5.38. The third-order valence-electron chi connectivity index (χ3n) is 2.67. The second kappa shape index (κ2) is 6.67. The lowest BCUT2D eigenvalue weighted by Crippen LogP contribution is -2.43. The number of methoxy groups -OCH3 is 1. The molecule has 14 heavy (non-hydrogen) atoms. The van der Waals surface area contributed by atoms with Crippen LogP contribution < -0.4 is 0 Å². The van der Waals surface area contributed by atoms with Crippen LogP contribution in [0.5, 0.6) is 0 Å². The minimum Gasteiger partial charge on any atom is -0.598 e. The lowest BCUT2D eigenvalue weighted by Gasteiger charge is -2.33. The molecule has 1 rings (SSSR count). The topological polar surface area (TPSA) is 35.5 Å². The monoisotopic (exact) mass is 219 g/mol. The van der Waals surface area contributed by atoms with Crippen molar-refractivity contribution in [2.24, 2.45) is 0 Å². The van der Waals surface area contributed by atoms with Crippen LogP contribution >= 0.6 is 0 Å². The van der Waals surface area contributed by atoms with Gasteiger partial charge in [-0.15, -0.1) is 4.31 Å². The third-order valence-corrected chi connectivity index (χ3v) is 4.37. The van der Waals surface area contributed by atoms with E-state index in [-0.39, 0.29) is 0 Å². The van der Waals surface area contributed by atoms with Gasteiger partial charge in [0.2, 0.25) is 0 Å². The quantitative estimate of drug-likeness (QED) is 0.520. The average molecular weight is 219 g/mol. The summed E-state index contributed by atoms with van der Waals surface area (Å²) in [6.45, 7) is 3.89. The molecule has 1 saturated heterocycles. The fourth-order valence-corrected chi connectivity index (χ4v) is 3.26. The number of rotatable bonds is 5. The van der Waals surface area contributed by atoms with E-state index in [1.807, 2.05) is 0 Å². The van der Waals surface area contributed by atoms with Crippen LogP contribution in [0.3, 0.4) is 0 Å². The molecule has 0 amide bonds. The Hall–Kier alpha value is 0.230. The van der Waals surface area contributed by atoms with E-state index in [0.717, 1.165) is 18.7 Å². The SMILES string of the molecule is COCCC[S+]([O-])N1CCCCC1C. The van der Waals surface area contributed by atoms with Crippen molar-refractivity contribution in [2.75, 3.05) is 26.0 Å². The van der Waals surface area contributed by atoms with E-state index < -0.39 is 11.4 Å². The van der Waals surface area contributed by atoms with Gasteiger partial charge >= 0.3 is 0 Å². The Morgan fingerprint density at radius 3 is 2.93 bits per heavy atom. The molecule has 1 heterocycles. The summed E-state index contributed by atoms with van der Waals surface area (Å²) >= 11 is -0.785. The van der Waals surface area contributed by atoms with Crippen molar-refractivity contribution in [2.45, 2.75) is 38.6 Å². The van der Waals surface area contributed by atoms with Gasteiger partial charge in [-0.25, -0.2) is 0 Å². The van der Waals surface area contributed by atoms with Gasteiger partial charge in [-0.1, -0.05) is 6.42 Å². The molecule has 1 aliphatic rings. The molecular weight excluding hydrogens is 198 g/mol. The van der Waals surface area contributed by atoms with Gasteiger partial charge in [-0.2, -0.15) is 0 Å². The number of hydrogen-bond donors (Lipinski definition) is 0. The van der Waals surface area contributed by atoms with E-state index in [9.17, 15) is 4.55 Å². The maximum atomic E-state index is 11.9. The first-order valence-corrected chi connectivity index (χ1v) is 6.67. The van der Waals surface area contributed by atoms with E-state index in [1.54, 1.807) is 7.11 Å². The van der Waals surface area contributed by atoms with Crippen LogP contribution in [0.4, 0.5) is 0 Å². The normalized spacial score (nSPS) is 26.4. The summed E-state index contributed by atoms with van der Waals surface area (Å²) in [6, 6.07) is 0.493. The Kier molecular flexibility index (Phi) is 5.86. The molecule has 4 heteroatoms. The lowest BCUT2D eigenvalue weighted by atomic mass is 10.1. The summed E-state index contributed by atoms with van der Waals surface area (Å²) in [5.41, 5.74) is 0. The molecule has 2 atom stereocenters. The Morgan fingerprint density at radius 2 is 2.29 bits per heavy atom. The largest absolute Gasteiger partial charge is 0.598 e.